The Kier molecular flexibility index (Phi) is 4.93. The van der Waals surface area contributed by atoms with E-state index in [-0.39, 0.29) is 10.8 Å². The van der Waals surface area contributed by atoms with E-state index in [1.54, 1.807) is 12.1 Å². The third-order valence-corrected chi connectivity index (χ3v) is 7.59. The van der Waals surface area contributed by atoms with Gasteiger partial charge < -0.3 is 5.32 Å². The fourth-order valence-corrected chi connectivity index (χ4v) is 5.55. The second-order valence-corrected chi connectivity index (χ2v) is 10.7. The second-order valence-electron chi connectivity index (χ2n) is 7.17. The number of aromatic nitrogens is 1. The van der Waals surface area contributed by atoms with Crippen LogP contribution in [0.5, 0.6) is 0 Å². The fraction of sp³-hybridized carbons (Fsp3) is 0.300. The molecule has 0 spiro atoms. The van der Waals surface area contributed by atoms with E-state index in [1.807, 2.05) is 24.3 Å². The Hall–Kier alpha value is -1.96. The summed E-state index contributed by atoms with van der Waals surface area (Å²) in [7, 11) is -3.29. The maximum absolute atomic E-state index is 13.3. The summed E-state index contributed by atoms with van der Waals surface area (Å²) < 4.78 is 24.3. The minimum Gasteiger partial charge on any atom is -0.301 e. The molecular weight excluding hydrogens is 416 g/mol. The molecule has 0 aliphatic heterocycles. The van der Waals surface area contributed by atoms with Crippen LogP contribution in [0, 0.1) is 0 Å². The summed E-state index contributed by atoms with van der Waals surface area (Å²) in [6.45, 7) is 0. The number of anilines is 1. The first-order chi connectivity index (χ1) is 13.3. The molecule has 3 aromatic rings. The Morgan fingerprint density at radius 1 is 1.14 bits per heavy atom. The van der Waals surface area contributed by atoms with Crippen LogP contribution in [-0.4, -0.2) is 25.6 Å². The summed E-state index contributed by atoms with van der Waals surface area (Å²) in [4.78, 5) is 18.0. The second kappa shape index (κ2) is 7.13. The molecule has 28 heavy (non-hydrogen) atoms. The highest BCUT2D eigenvalue weighted by Gasteiger charge is 2.43. The van der Waals surface area contributed by atoms with Gasteiger partial charge in [0.25, 0.3) is 0 Å². The van der Waals surface area contributed by atoms with Crippen molar-refractivity contribution >= 4 is 54.0 Å². The van der Waals surface area contributed by atoms with E-state index in [4.69, 9.17) is 11.6 Å². The van der Waals surface area contributed by atoms with Gasteiger partial charge in [-0.15, -0.1) is 0 Å². The molecule has 0 radical (unpaired) electrons. The molecule has 0 atom stereocenters. The molecule has 2 aromatic carbocycles. The van der Waals surface area contributed by atoms with Crippen LogP contribution in [0.1, 0.15) is 31.2 Å². The fourth-order valence-electron chi connectivity index (χ4n) is 3.80. The molecule has 1 aromatic heterocycles. The molecule has 4 rings (SSSR count). The van der Waals surface area contributed by atoms with Gasteiger partial charge in [-0.3, -0.25) is 4.79 Å². The van der Waals surface area contributed by atoms with Crippen LogP contribution in [-0.2, 0) is 20.0 Å². The SMILES string of the molecule is CS(=O)(=O)c1ccc2nc(NC(=O)C3(c4ccc(Cl)cc4)CCCC3)sc2c1. The average molecular weight is 435 g/mol. The molecular formula is C20H19ClN2O3S2. The minimum absolute atomic E-state index is 0.0743. The Labute approximate surface area is 172 Å². The van der Waals surface area contributed by atoms with Crippen molar-refractivity contribution in [1.82, 2.24) is 4.98 Å². The van der Waals surface area contributed by atoms with Crippen LogP contribution in [0.15, 0.2) is 47.4 Å². The first-order valence-corrected chi connectivity index (χ1v) is 12.0. The first-order valence-electron chi connectivity index (χ1n) is 8.96. The lowest BCUT2D eigenvalue weighted by Crippen LogP contribution is -2.37. The zero-order chi connectivity index (χ0) is 19.9. The minimum atomic E-state index is -3.29. The van der Waals surface area contributed by atoms with Crippen molar-refractivity contribution in [3.8, 4) is 0 Å². The van der Waals surface area contributed by atoms with Crippen molar-refractivity contribution < 1.29 is 13.2 Å². The van der Waals surface area contributed by atoms with Gasteiger partial charge in [-0.05, 0) is 48.7 Å². The van der Waals surface area contributed by atoms with E-state index in [1.165, 1.54) is 23.7 Å². The molecule has 1 fully saturated rings. The highest BCUT2D eigenvalue weighted by molar-refractivity contribution is 7.90. The molecule has 0 unspecified atom stereocenters. The van der Waals surface area contributed by atoms with Crippen LogP contribution in [0.25, 0.3) is 10.2 Å². The Morgan fingerprint density at radius 3 is 2.46 bits per heavy atom. The van der Waals surface area contributed by atoms with Crippen molar-refractivity contribution in [3.63, 3.8) is 0 Å². The van der Waals surface area contributed by atoms with Gasteiger partial charge in [0.2, 0.25) is 5.91 Å². The lowest BCUT2D eigenvalue weighted by atomic mass is 9.78. The van der Waals surface area contributed by atoms with Crippen molar-refractivity contribution in [2.45, 2.75) is 36.0 Å². The van der Waals surface area contributed by atoms with Crippen molar-refractivity contribution in [2.24, 2.45) is 0 Å². The molecule has 1 amide bonds. The zero-order valence-corrected chi connectivity index (χ0v) is 17.6. The van der Waals surface area contributed by atoms with Crippen LogP contribution in [0.2, 0.25) is 5.02 Å². The highest BCUT2D eigenvalue weighted by Crippen LogP contribution is 2.42. The molecule has 5 nitrogen and oxygen atoms in total. The number of fused-ring (bicyclic) bond motifs is 1. The summed E-state index contributed by atoms with van der Waals surface area (Å²) in [5, 5.41) is 4.09. The number of hydrogen-bond donors (Lipinski definition) is 1. The van der Waals surface area contributed by atoms with Crippen LogP contribution in [0.4, 0.5) is 5.13 Å². The Bertz CT molecular complexity index is 1150. The van der Waals surface area contributed by atoms with Gasteiger partial charge in [-0.25, -0.2) is 13.4 Å². The number of rotatable bonds is 4. The van der Waals surface area contributed by atoms with Crippen LogP contribution < -0.4 is 5.32 Å². The molecule has 0 saturated heterocycles. The normalized spacial score (nSPS) is 16.4. The molecule has 1 saturated carbocycles. The van der Waals surface area contributed by atoms with Gasteiger partial charge in [-0.2, -0.15) is 0 Å². The number of sulfone groups is 1. The van der Waals surface area contributed by atoms with Crippen molar-refractivity contribution in [2.75, 3.05) is 11.6 Å². The predicted octanol–water partition coefficient (Wildman–Crippen LogP) is 4.80. The number of halogens is 1. The van der Waals surface area contributed by atoms with E-state index >= 15 is 0 Å². The quantitative estimate of drug-likeness (QED) is 0.639. The van der Waals surface area contributed by atoms with Gasteiger partial charge in [-0.1, -0.05) is 47.9 Å². The number of amides is 1. The topological polar surface area (TPSA) is 76.1 Å². The van der Waals surface area contributed by atoms with E-state index in [0.29, 0.717) is 15.7 Å². The summed E-state index contributed by atoms with van der Waals surface area (Å²) in [5.74, 6) is -0.0743. The van der Waals surface area contributed by atoms with E-state index in [2.05, 4.69) is 10.3 Å². The standard InChI is InChI=1S/C20H19ClN2O3S2/c1-28(25,26)15-8-9-16-17(12-15)27-19(22-16)23-18(24)20(10-2-3-11-20)13-4-6-14(21)7-5-13/h4-9,12H,2-3,10-11H2,1H3,(H,22,23,24). The summed E-state index contributed by atoms with van der Waals surface area (Å²) in [5.41, 5.74) is 1.05. The number of nitrogens with zero attached hydrogens (tertiary/aromatic N) is 1. The Balaban J connectivity index is 1.65. The summed E-state index contributed by atoms with van der Waals surface area (Å²) >= 11 is 7.29. The van der Waals surface area contributed by atoms with Gasteiger partial charge in [0.05, 0.1) is 20.5 Å². The largest absolute Gasteiger partial charge is 0.301 e. The predicted molar refractivity (Wildman–Crippen MR) is 113 cm³/mol. The van der Waals surface area contributed by atoms with E-state index in [0.717, 1.165) is 35.9 Å². The molecule has 1 heterocycles. The van der Waals surface area contributed by atoms with Crippen molar-refractivity contribution in [3.05, 3.63) is 53.1 Å². The third kappa shape index (κ3) is 3.54. The van der Waals surface area contributed by atoms with E-state index < -0.39 is 15.3 Å². The number of carbonyl (C=O) groups is 1. The summed E-state index contributed by atoms with van der Waals surface area (Å²) in [6, 6.07) is 12.3. The molecule has 1 aliphatic rings. The number of benzene rings is 2. The van der Waals surface area contributed by atoms with Crippen LogP contribution >= 0.6 is 22.9 Å². The summed E-state index contributed by atoms with van der Waals surface area (Å²) in [6.07, 6.45) is 4.72. The molecule has 146 valence electrons. The van der Waals surface area contributed by atoms with Crippen LogP contribution in [0.3, 0.4) is 0 Å². The van der Waals surface area contributed by atoms with E-state index in [9.17, 15) is 13.2 Å². The molecule has 8 heteroatoms. The molecule has 1 aliphatic carbocycles. The maximum Gasteiger partial charge on any atom is 0.236 e. The monoisotopic (exact) mass is 434 g/mol. The third-order valence-electron chi connectivity index (χ3n) is 5.30. The number of nitrogens with one attached hydrogen (secondary N) is 1. The smallest absolute Gasteiger partial charge is 0.236 e. The number of thiazole rings is 1. The average Bonchev–Trinajstić information content (AvgIpc) is 3.28. The highest BCUT2D eigenvalue weighted by atomic mass is 35.5. The van der Waals surface area contributed by atoms with Gasteiger partial charge in [0.15, 0.2) is 15.0 Å². The lowest BCUT2D eigenvalue weighted by Gasteiger charge is -2.27. The first kappa shape index (κ1) is 19.4. The Morgan fingerprint density at radius 2 is 1.82 bits per heavy atom. The van der Waals surface area contributed by atoms with Gasteiger partial charge in [0.1, 0.15) is 0 Å². The molecule has 0 bridgehead atoms. The number of hydrogen-bond acceptors (Lipinski definition) is 5. The van der Waals surface area contributed by atoms with Crippen molar-refractivity contribution in [1.29, 1.82) is 0 Å². The van der Waals surface area contributed by atoms with Gasteiger partial charge in [0, 0.05) is 11.3 Å². The number of carbonyl (C=O) groups excluding carboxylic acids is 1. The van der Waals surface area contributed by atoms with Gasteiger partial charge >= 0.3 is 0 Å². The molecule has 1 N–H and O–H groups in total. The zero-order valence-electron chi connectivity index (χ0n) is 15.2. The maximum atomic E-state index is 13.3. The lowest BCUT2D eigenvalue weighted by molar-refractivity contribution is -0.121.